The molecule has 4 heteroatoms. The van der Waals surface area contributed by atoms with Crippen molar-refractivity contribution in [1.82, 2.24) is 0 Å². The van der Waals surface area contributed by atoms with Crippen LogP contribution < -0.4 is 4.74 Å². The Hall–Kier alpha value is -0.770. The molecule has 0 radical (unpaired) electrons. The first-order valence-corrected chi connectivity index (χ1v) is 7.07. The SMILES string of the molecule is COc1cc(C(O)C2(OC)CCCCC2)ccc1Cl. The summed E-state index contributed by atoms with van der Waals surface area (Å²) in [6.07, 6.45) is 4.52. The highest BCUT2D eigenvalue weighted by atomic mass is 35.5. The summed E-state index contributed by atoms with van der Waals surface area (Å²) in [7, 11) is 3.26. The molecule has 0 aliphatic heterocycles. The Bertz CT molecular complexity index is 427. The van der Waals surface area contributed by atoms with Gasteiger partial charge in [0.15, 0.2) is 0 Å². The van der Waals surface area contributed by atoms with Crippen LogP contribution in [0.5, 0.6) is 5.75 Å². The number of benzene rings is 1. The van der Waals surface area contributed by atoms with Gasteiger partial charge in [0.2, 0.25) is 0 Å². The van der Waals surface area contributed by atoms with Crippen LogP contribution in [0.3, 0.4) is 0 Å². The van der Waals surface area contributed by atoms with Gasteiger partial charge < -0.3 is 14.6 Å². The molecule has 106 valence electrons. The van der Waals surface area contributed by atoms with Gasteiger partial charge in [-0.25, -0.2) is 0 Å². The van der Waals surface area contributed by atoms with Crippen LogP contribution in [-0.4, -0.2) is 24.9 Å². The van der Waals surface area contributed by atoms with E-state index in [9.17, 15) is 5.11 Å². The van der Waals surface area contributed by atoms with E-state index in [0.29, 0.717) is 10.8 Å². The maximum Gasteiger partial charge on any atom is 0.137 e. The second kappa shape index (κ2) is 6.12. The molecule has 1 aromatic carbocycles. The van der Waals surface area contributed by atoms with Crippen LogP contribution in [0.25, 0.3) is 0 Å². The van der Waals surface area contributed by atoms with E-state index in [1.807, 2.05) is 6.07 Å². The number of rotatable bonds is 4. The van der Waals surface area contributed by atoms with E-state index >= 15 is 0 Å². The molecule has 0 aromatic heterocycles. The molecule has 0 amide bonds. The minimum Gasteiger partial charge on any atom is -0.495 e. The fourth-order valence-corrected chi connectivity index (χ4v) is 3.08. The van der Waals surface area contributed by atoms with Crippen molar-refractivity contribution in [3.8, 4) is 5.75 Å². The normalized spacial score (nSPS) is 20.0. The predicted octanol–water partition coefficient (Wildman–Crippen LogP) is 3.73. The maximum absolute atomic E-state index is 10.7. The fourth-order valence-electron chi connectivity index (χ4n) is 2.89. The molecule has 1 atom stereocenters. The number of ether oxygens (including phenoxy) is 2. The van der Waals surface area contributed by atoms with Crippen molar-refractivity contribution in [1.29, 1.82) is 0 Å². The molecule has 1 N–H and O–H groups in total. The summed E-state index contributed by atoms with van der Waals surface area (Å²) >= 11 is 6.02. The van der Waals surface area contributed by atoms with Crippen LogP contribution in [0, 0.1) is 0 Å². The van der Waals surface area contributed by atoms with Crippen LogP contribution in [-0.2, 0) is 4.74 Å². The molecule has 1 saturated carbocycles. The first-order chi connectivity index (χ1) is 9.13. The largest absolute Gasteiger partial charge is 0.495 e. The van der Waals surface area contributed by atoms with Crippen molar-refractivity contribution in [2.75, 3.05) is 14.2 Å². The highest BCUT2D eigenvalue weighted by Crippen LogP contribution is 2.42. The summed E-state index contributed by atoms with van der Waals surface area (Å²) in [6.45, 7) is 0. The zero-order valence-corrected chi connectivity index (χ0v) is 12.2. The van der Waals surface area contributed by atoms with Gasteiger partial charge in [-0.15, -0.1) is 0 Å². The molecule has 0 spiro atoms. The highest BCUT2D eigenvalue weighted by Gasteiger charge is 2.40. The average molecular weight is 285 g/mol. The summed E-state index contributed by atoms with van der Waals surface area (Å²) in [5.41, 5.74) is 0.321. The van der Waals surface area contributed by atoms with E-state index in [1.165, 1.54) is 6.42 Å². The van der Waals surface area contributed by atoms with Crippen LogP contribution in [0.15, 0.2) is 18.2 Å². The Kier molecular flexibility index (Phi) is 4.71. The van der Waals surface area contributed by atoms with Crippen molar-refractivity contribution in [2.45, 2.75) is 43.8 Å². The van der Waals surface area contributed by atoms with E-state index in [0.717, 1.165) is 31.2 Å². The number of aliphatic hydroxyl groups excluding tert-OH is 1. The van der Waals surface area contributed by atoms with Gasteiger partial charge in [0.1, 0.15) is 11.9 Å². The lowest BCUT2D eigenvalue weighted by atomic mass is 9.78. The second-order valence-corrected chi connectivity index (χ2v) is 5.53. The molecular formula is C15H21ClO3. The maximum atomic E-state index is 10.7. The Labute approximate surface area is 119 Å². The lowest BCUT2D eigenvalue weighted by molar-refractivity contribution is -0.125. The van der Waals surface area contributed by atoms with Gasteiger partial charge in [-0.2, -0.15) is 0 Å². The highest BCUT2D eigenvalue weighted by molar-refractivity contribution is 6.32. The van der Waals surface area contributed by atoms with E-state index in [4.69, 9.17) is 21.1 Å². The summed E-state index contributed by atoms with van der Waals surface area (Å²) in [5, 5.41) is 11.2. The van der Waals surface area contributed by atoms with E-state index in [1.54, 1.807) is 26.4 Å². The van der Waals surface area contributed by atoms with Crippen LogP contribution in [0.1, 0.15) is 43.8 Å². The topological polar surface area (TPSA) is 38.7 Å². The lowest BCUT2D eigenvalue weighted by Crippen LogP contribution is -2.40. The Morgan fingerprint density at radius 1 is 1.21 bits per heavy atom. The van der Waals surface area contributed by atoms with Gasteiger partial charge in [-0.1, -0.05) is 36.9 Å². The number of methoxy groups -OCH3 is 2. The third kappa shape index (κ3) is 2.88. The lowest BCUT2D eigenvalue weighted by Gasteiger charge is -2.40. The number of halogens is 1. The third-order valence-corrected chi connectivity index (χ3v) is 4.41. The van der Waals surface area contributed by atoms with Crippen LogP contribution in [0.2, 0.25) is 5.02 Å². The predicted molar refractivity (Wildman–Crippen MR) is 75.8 cm³/mol. The molecule has 1 aliphatic carbocycles. The number of aliphatic hydroxyl groups is 1. The Morgan fingerprint density at radius 2 is 1.89 bits per heavy atom. The van der Waals surface area contributed by atoms with E-state index in [2.05, 4.69) is 0 Å². The van der Waals surface area contributed by atoms with Crippen molar-refractivity contribution in [3.63, 3.8) is 0 Å². The summed E-state index contributed by atoms with van der Waals surface area (Å²) in [6, 6.07) is 5.39. The summed E-state index contributed by atoms with van der Waals surface area (Å²) in [5.74, 6) is 0.584. The standard InChI is InChI=1S/C15H21ClO3/c1-18-13-10-11(6-7-12(13)16)14(17)15(19-2)8-4-3-5-9-15/h6-7,10,14,17H,3-5,8-9H2,1-2H3. The molecule has 2 rings (SSSR count). The molecule has 1 aromatic rings. The first-order valence-electron chi connectivity index (χ1n) is 6.69. The van der Waals surface area contributed by atoms with Crippen molar-refractivity contribution in [2.24, 2.45) is 0 Å². The minimum atomic E-state index is -0.649. The fraction of sp³-hybridized carbons (Fsp3) is 0.600. The quantitative estimate of drug-likeness (QED) is 0.915. The zero-order valence-electron chi connectivity index (χ0n) is 11.5. The van der Waals surface area contributed by atoms with Gasteiger partial charge in [0.25, 0.3) is 0 Å². The zero-order chi connectivity index (χ0) is 13.9. The van der Waals surface area contributed by atoms with Crippen molar-refractivity contribution in [3.05, 3.63) is 28.8 Å². The molecular weight excluding hydrogens is 264 g/mol. The van der Waals surface area contributed by atoms with Crippen molar-refractivity contribution < 1.29 is 14.6 Å². The molecule has 1 aliphatic rings. The number of hydrogen-bond donors (Lipinski definition) is 1. The van der Waals surface area contributed by atoms with Gasteiger partial charge in [-0.3, -0.25) is 0 Å². The third-order valence-electron chi connectivity index (χ3n) is 4.10. The second-order valence-electron chi connectivity index (χ2n) is 5.13. The molecule has 1 fully saturated rings. The minimum absolute atomic E-state index is 0.475. The van der Waals surface area contributed by atoms with Gasteiger partial charge in [0, 0.05) is 7.11 Å². The number of hydrogen-bond acceptors (Lipinski definition) is 3. The molecule has 1 unspecified atom stereocenters. The molecule has 3 nitrogen and oxygen atoms in total. The first kappa shape index (κ1) is 14.6. The van der Waals surface area contributed by atoms with Gasteiger partial charge in [-0.05, 0) is 30.5 Å². The Morgan fingerprint density at radius 3 is 2.47 bits per heavy atom. The molecule has 0 saturated heterocycles. The monoisotopic (exact) mass is 284 g/mol. The van der Waals surface area contributed by atoms with E-state index in [-0.39, 0.29) is 0 Å². The summed E-state index contributed by atoms with van der Waals surface area (Å²) < 4.78 is 10.9. The van der Waals surface area contributed by atoms with Crippen LogP contribution >= 0.6 is 11.6 Å². The average Bonchev–Trinajstić information content (AvgIpc) is 2.47. The molecule has 0 bridgehead atoms. The van der Waals surface area contributed by atoms with Gasteiger partial charge in [0.05, 0.1) is 17.7 Å². The Balaban J connectivity index is 2.28. The van der Waals surface area contributed by atoms with E-state index < -0.39 is 11.7 Å². The van der Waals surface area contributed by atoms with Crippen molar-refractivity contribution >= 4 is 11.6 Å². The molecule has 0 heterocycles. The van der Waals surface area contributed by atoms with Crippen LogP contribution in [0.4, 0.5) is 0 Å². The van der Waals surface area contributed by atoms with Gasteiger partial charge >= 0.3 is 0 Å². The summed E-state index contributed by atoms with van der Waals surface area (Å²) in [4.78, 5) is 0. The smallest absolute Gasteiger partial charge is 0.137 e. The molecule has 19 heavy (non-hydrogen) atoms.